The number of hydrogen-bond donors (Lipinski definition) is 3. The van der Waals surface area contributed by atoms with Crippen molar-refractivity contribution in [2.24, 2.45) is 0 Å². The highest BCUT2D eigenvalue weighted by molar-refractivity contribution is 5.06. The van der Waals surface area contributed by atoms with Crippen molar-refractivity contribution in [3.05, 3.63) is 0 Å². The van der Waals surface area contributed by atoms with E-state index in [0.717, 1.165) is 12.8 Å². The van der Waals surface area contributed by atoms with E-state index >= 15 is 0 Å². The molecule has 0 spiro atoms. The van der Waals surface area contributed by atoms with Crippen LogP contribution in [-0.2, 0) is 0 Å². The lowest BCUT2D eigenvalue weighted by Gasteiger charge is -2.32. The van der Waals surface area contributed by atoms with Gasteiger partial charge in [0.15, 0.2) is 0 Å². The molecular weight excluding hydrogens is 170 g/mol. The third-order valence-electron chi connectivity index (χ3n) is 3.59. The van der Waals surface area contributed by atoms with Crippen LogP contribution in [0, 0.1) is 0 Å². The van der Waals surface area contributed by atoms with Crippen LogP contribution in [0.3, 0.4) is 0 Å². The highest BCUT2D eigenvalue weighted by Gasteiger charge is 2.51. The molecule has 2 aliphatic heterocycles. The van der Waals surface area contributed by atoms with E-state index in [1.165, 1.54) is 0 Å². The number of nitrogens with zero attached hydrogens (tertiary/aromatic N) is 1. The summed E-state index contributed by atoms with van der Waals surface area (Å²) in [4.78, 5) is 2.04. The van der Waals surface area contributed by atoms with Crippen LogP contribution in [0.25, 0.3) is 0 Å². The predicted molar refractivity (Wildman–Crippen MR) is 47.2 cm³/mol. The first-order chi connectivity index (χ1) is 6.08. The van der Waals surface area contributed by atoms with Crippen molar-refractivity contribution in [3.63, 3.8) is 0 Å². The molecule has 0 bridgehead atoms. The molecule has 0 saturated carbocycles. The molecule has 0 radical (unpaired) electrons. The van der Waals surface area contributed by atoms with Crippen LogP contribution in [0.2, 0.25) is 0 Å². The van der Waals surface area contributed by atoms with Crippen molar-refractivity contribution in [2.45, 2.75) is 43.6 Å². The summed E-state index contributed by atoms with van der Waals surface area (Å²) < 4.78 is 0. The van der Waals surface area contributed by atoms with Gasteiger partial charge in [0.2, 0.25) is 0 Å². The Morgan fingerprint density at radius 2 is 2.15 bits per heavy atom. The van der Waals surface area contributed by atoms with Crippen LogP contribution in [0.5, 0.6) is 0 Å². The Labute approximate surface area is 77.8 Å². The number of aliphatic hydroxyl groups excluding tert-OH is 3. The summed E-state index contributed by atoms with van der Waals surface area (Å²) >= 11 is 0. The molecule has 0 aromatic rings. The molecule has 13 heavy (non-hydrogen) atoms. The quantitative estimate of drug-likeness (QED) is 0.489. The topological polar surface area (TPSA) is 63.9 Å². The maximum Gasteiger partial charge on any atom is 0.0966 e. The number of hydrogen-bond acceptors (Lipinski definition) is 4. The van der Waals surface area contributed by atoms with Gasteiger partial charge in [0.05, 0.1) is 18.8 Å². The van der Waals surface area contributed by atoms with Gasteiger partial charge in [-0.15, -0.1) is 0 Å². The molecule has 3 N–H and O–H groups in total. The Morgan fingerprint density at radius 3 is 2.77 bits per heavy atom. The third-order valence-corrected chi connectivity index (χ3v) is 3.59. The monoisotopic (exact) mass is 187 g/mol. The molecule has 0 unspecified atom stereocenters. The normalized spacial score (nSPS) is 51.2. The standard InChI is InChI=1S/C9H17NO3/c1-9(5-11)3-2-6-8(13)7(12)4-10(6)9/h6-8,11-13H,2-5H2,1H3/t6-,7-,8-,9-/m1/s1. The van der Waals surface area contributed by atoms with Gasteiger partial charge in [0.25, 0.3) is 0 Å². The van der Waals surface area contributed by atoms with Crippen LogP contribution in [0.15, 0.2) is 0 Å². The molecule has 2 aliphatic rings. The molecule has 4 nitrogen and oxygen atoms in total. The number of rotatable bonds is 1. The van der Waals surface area contributed by atoms with E-state index in [4.69, 9.17) is 0 Å². The van der Waals surface area contributed by atoms with Gasteiger partial charge in [0, 0.05) is 18.1 Å². The number of β-amino-alcohol motifs (C(OH)–C–C–N with tert-alkyl or cyclic N) is 1. The van der Waals surface area contributed by atoms with E-state index in [2.05, 4.69) is 0 Å². The van der Waals surface area contributed by atoms with E-state index in [0.29, 0.717) is 6.54 Å². The zero-order valence-electron chi connectivity index (χ0n) is 7.85. The van der Waals surface area contributed by atoms with Gasteiger partial charge < -0.3 is 15.3 Å². The molecule has 2 heterocycles. The average Bonchev–Trinajstić information content (AvgIpc) is 2.57. The van der Waals surface area contributed by atoms with Gasteiger partial charge in [-0.25, -0.2) is 0 Å². The largest absolute Gasteiger partial charge is 0.394 e. The average molecular weight is 187 g/mol. The lowest BCUT2D eigenvalue weighted by Crippen LogP contribution is -2.46. The zero-order chi connectivity index (χ0) is 9.64. The lowest BCUT2D eigenvalue weighted by molar-refractivity contribution is 0.0388. The molecular formula is C9H17NO3. The summed E-state index contributed by atoms with van der Waals surface area (Å²) in [6.07, 6.45) is 0.497. The van der Waals surface area contributed by atoms with Gasteiger partial charge in [0.1, 0.15) is 0 Å². The van der Waals surface area contributed by atoms with E-state index in [1.807, 2.05) is 11.8 Å². The summed E-state index contributed by atoms with van der Waals surface area (Å²) in [5.74, 6) is 0. The molecule has 2 rings (SSSR count). The minimum absolute atomic E-state index is 0.0483. The predicted octanol–water partition coefficient (Wildman–Crippen LogP) is -1.06. The third kappa shape index (κ3) is 1.21. The van der Waals surface area contributed by atoms with Gasteiger partial charge in [-0.3, -0.25) is 4.90 Å². The molecule has 4 atom stereocenters. The minimum atomic E-state index is -0.642. The van der Waals surface area contributed by atoms with Gasteiger partial charge in [-0.2, -0.15) is 0 Å². The van der Waals surface area contributed by atoms with Crippen LogP contribution < -0.4 is 0 Å². The minimum Gasteiger partial charge on any atom is -0.394 e. The Balaban J connectivity index is 2.18. The summed E-state index contributed by atoms with van der Waals surface area (Å²) in [5, 5.41) is 28.3. The molecule has 2 fully saturated rings. The second kappa shape index (κ2) is 2.92. The molecule has 0 aromatic carbocycles. The fourth-order valence-electron chi connectivity index (χ4n) is 2.61. The number of fused-ring (bicyclic) bond motifs is 1. The summed E-state index contributed by atoms with van der Waals surface area (Å²) in [5.41, 5.74) is -0.233. The van der Waals surface area contributed by atoms with Crippen molar-refractivity contribution in [3.8, 4) is 0 Å². The van der Waals surface area contributed by atoms with Gasteiger partial charge >= 0.3 is 0 Å². The molecule has 0 aliphatic carbocycles. The fraction of sp³-hybridized carbons (Fsp3) is 1.00. The number of aliphatic hydroxyl groups is 3. The van der Waals surface area contributed by atoms with Gasteiger partial charge in [-0.1, -0.05) is 0 Å². The van der Waals surface area contributed by atoms with Crippen molar-refractivity contribution in [2.75, 3.05) is 13.2 Å². The van der Waals surface area contributed by atoms with Crippen LogP contribution >= 0.6 is 0 Å². The first kappa shape index (κ1) is 9.40. The summed E-state index contributed by atoms with van der Waals surface area (Å²) in [6.45, 7) is 2.57. The SMILES string of the molecule is C[C@]1(CO)CC[C@@H]2[C@@H](O)[C@H](O)CN21. The molecule has 0 amide bonds. The zero-order valence-corrected chi connectivity index (χ0v) is 7.85. The van der Waals surface area contributed by atoms with Crippen molar-refractivity contribution < 1.29 is 15.3 Å². The maximum absolute atomic E-state index is 9.62. The highest BCUT2D eigenvalue weighted by Crippen LogP contribution is 2.39. The lowest BCUT2D eigenvalue weighted by atomic mass is 9.98. The van der Waals surface area contributed by atoms with Gasteiger partial charge in [-0.05, 0) is 19.8 Å². The Morgan fingerprint density at radius 1 is 1.46 bits per heavy atom. The maximum atomic E-state index is 9.62. The van der Waals surface area contributed by atoms with Crippen molar-refractivity contribution in [1.29, 1.82) is 0 Å². The smallest absolute Gasteiger partial charge is 0.0966 e. The Kier molecular flexibility index (Phi) is 2.11. The van der Waals surface area contributed by atoms with Crippen molar-refractivity contribution >= 4 is 0 Å². The fourth-order valence-corrected chi connectivity index (χ4v) is 2.61. The first-order valence-corrected chi connectivity index (χ1v) is 4.82. The van der Waals surface area contributed by atoms with E-state index in [-0.39, 0.29) is 18.2 Å². The summed E-state index contributed by atoms with van der Waals surface area (Å²) in [6, 6.07) is 0.0483. The second-order valence-corrected chi connectivity index (χ2v) is 4.47. The molecule has 76 valence electrons. The highest BCUT2D eigenvalue weighted by atomic mass is 16.3. The molecule has 0 aromatic heterocycles. The summed E-state index contributed by atoms with van der Waals surface area (Å²) in [7, 11) is 0. The van der Waals surface area contributed by atoms with Crippen LogP contribution in [0.4, 0.5) is 0 Å². The van der Waals surface area contributed by atoms with Crippen LogP contribution in [0.1, 0.15) is 19.8 Å². The molecule has 4 heteroatoms. The van der Waals surface area contributed by atoms with E-state index < -0.39 is 12.2 Å². The second-order valence-electron chi connectivity index (χ2n) is 4.47. The van der Waals surface area contributed by atoms with Crippen LogP contribution in [-0.4, -0.2) is 57.2 Å². The van der Waals surface area contributed by atoms with E-state index in [9.17, 15) is 15.3 Å². The van der Waals surface area contributed by atoms with E-state index in [1.54, 1.807) is 0 Å². The Bertz CT molecular complexity index is 211. The molecule has 2 saturated heterocycles. The van der Waals surface area contributed by atoms with Crippen molar-refractivity contribution in [1.82, 2.24) is 4.90 Å². The first-order valence-electron chi connectivity index (χ1n) is 4.82. The Hall–Kier alpha value is -0.160.